The van der Waals surface area contributed by atoms with E-state index in [9.17, 15) is 0 Å². The van der Waals surface area contributed by atoms with Gasteiger partial charge >= 0.3 is 0 Å². The summed E-state index contributed by atoms with van der Waals surface area (Å²) >= 11 is 2.29. The monoisotopic (exact) mass is 364 g/mol. The Kier molecular flexibility index (Phi) is 5.79. The third-order valence-electron chi connectivity index (χ3n) is 2.08. The van der Waals surface area contributed by atoms with Crippen LogP contribution >= 0.6 is 22.6 Å². The van der Waals surface area contributed by atoms with Crippen molar-refractivity contribution in [2.45, 2.75) is 38.8 Å². The van der Waals surface area contributed by atoms with Crippen molar-refractivity contribution in [1.29, 1.82) is 0 Å². The number of hydrogen-bond acceptors (Lipinski definition) is 2. The Hall–Kier alpha value is -0.233. The van der Waals surface area contributed by atoms with Crippen LogP contribution in [0.4, 0.5) is 0 Å². The van der Waals surface area contributed by atoms with Gasteiger partial charge in [0.25, 0.3) is 0 Å². The fourth-order valence-corrected chi connectivity index (χ4v) is 2.09. The lowest BCUT2D eigenvalue weighted by Gasteiger charge is -2.23. The molecule has 0 saturated carbocycles. The molecule has 0 aliphatic heterocycles. The van der Waals surface area contributed by atoms with Crippen LogP contribution in [0.3, 0.4) is 0 Å². The van der Waals surface area contributed by atoms with E-state index in [0.717, 1.165) is 28.1 Å². The first-order valence-electron chi connectivity index (χ1n) is 6.04. The summed E-state index contributed by atoms with van der Waals surface area (Å²) < 4.78 is 12.9. The van der Waals surface area contributed by atoms with Crippen molar-refractivity contribution in [2.75, 3.05) is 6.61 Å². The molecule has 2 nitrogen and oxygen atoms in total. The Morgan fingerprint density at radius 1 is 1.24 bits per heavy atom. The van der Waals surface area contributed by atoms with Crippen molar-refractivity contribution < 1.29 is 9.47 Å². The lowest BCUT2D eigenvalue weighted by Crippen LogP contribution is -2.23. The zero-order valence-electron chi connectivity index (χ0n) is 11.0. The predicted octanol–water partition coefficient (Wildman–Crippen LogP) is 3.02. The SMILES string of the molecule is CC(C)(C)Oc1cc(I)ccc1OCCC[SiH3]. The molecule has 4 heteroatoms. The molecule has 0 aromatic heterocycles. The van der Waals surface area contributed by atoms with Crippen LogP contribution in [-0.4, -0.2) is 22.5 Å². The van der Waals surface area contributed by atoms with Crippen LogP contribution in [-0.2, 0) is 0 Å². The van der Waals surface area contributed by atoms with Crippen LogP contribution < -0.4 is 9.47 Å². The Balaban J connectivity index is 2.80. The van der Waals surface area contributed by atoms with Gasteiger partial charge in [-0.15, -0.1) is 0 Å². The van der Waals surface area contributed by atoms with Crippen molar-refractivity contribution in [3.05, 3.63) is 21.8 Å². The van der Waals surface area contributed by atoms with Gasteiger partial charge in [-0.05, 0) is 68.0 Å². The molecule has 0 saturated heterocycles. The van der Waals surface area contributed by atoms with Gasteiger partial charge in [-0.2, -0.15) is 0 Å². The molecule has 0 fully saturated rings. The number of hydrogen-bond donors (Lipinski definition) is 0. The molecule has 1 aromatic rings. The summed E-state index contributed by atoms with van der Waals surface area (Å²) in [7, 11) is 1.24. The fraction of sp³-hybridized carbons (Fsp3) is 0.538. The molecule has 0 amide bonds. The Bertz CT molecular complexity index is 361. The van der Waals surface area contributed by atoms with Crippen LogP contribution in [0.25, 0.3) is 0 Å². The summed E-state index contributed by atoms with van der Waals surface area (Å²) in [5.41, 5.74) is -0.194. The molecule has 0 aliphatic carbocycles. The lowest BCUT2D eigenvalue weighted by molar-refractivity contribution is 0.123. The van der Waals surface area contributed by atoms with Crippen LogP contribution in [0.1, 0.15) is 27.2 Å². The van der Waals surface area contributed by atoms with Crippen molar-refractivity contribution in [3.8, 4) is 11.5 Å². The molecule has 0 unspecified atom stereocenters. The van der Waals surface area contributed by atoms with E-state index in [0.29, 0.717) is 0 Å². The number of ether oxygens (including phenoxy) is 2. The van der Waals surface area contributed by atoms with Crippen molar-refractivity contribution in [2.24, 2.45) is 0 Å². The Morgan fingerprint density at radius 3 is 2.53 bits per heavy atom. The van der Waals surface area contributed by atoms with E-state index in [1.54, 1.807) is 0 Å². The predicted molar refractivity (Wildman–Crippen MR) is 84.4 cm³/mol. The van der Waals surface area contributed by atoms with Crippen molar-refractivity contribution in [1.82, 2.24) is 0 Å². The average Bonchev–Trinajstić information content (AvgIpc) is 2.19. The second-order valence-corrected chi connectivity index (χ2v) is 7.25. The van der Waals surface area contributed by atoms with Gasteiger partial charge in [0.2, 0.25) is 0 Å². The lowest BCUT2D eigenvalue weighted by atomic mass is 10.2. The zero-order chi connectivity index (χ0) is 12.9. The van der Waals surface area contributed by atoms with Crippen LogP contribution in [0.2, 0.25) is 6.04 Å². The van der Waals surface area contributed by atoms with Gasteiger partial charge in [0, 0.05) is 13.8 Å². The highest BCUT2D eigenvalue weighted by atomic mass is 127. The highest BCUT2D eigenvalue weighted by Gasteiger charge is 2.15. The van der Waals surface area contributed by atoms with Gasteiger partial charge < -0.3 is 9.47 Å². The van der Waals surface area contributed by atoms with Gasteiger partial charge in [-0.25, -0.2) is 0 Å². The molecule has 0 aliphatic rings. The molecule has 0 heterocycles. The zero-order valence-corrected chi connectivity index (χ0v) is 15.2. The van der Waals surface area contributed by atoms with Crippen molar-refractivity contribution >= 4 is 32.8 Å². The van der Waals surface area contributed by atoms with Gasteiger partial charge in [-0.1, -0.05) is 6.04 Å². The highest BCUT2D eigenvalue weighted by Crippen LogP contribution is 2.32. The summed E-state index contributed by atoms with van der Waals surface area (Å²) in [6.07, 6.45) is 1.13. The maximum atomic E-state index is 5.92. The van der Waals surface area contributed by atoms with Gasteiger partial charge in [0.05, 0.1) is 6.61 Å². The first-order valence-corrected chi connectivity index (χ1v) is 8.53. The molecule has 0 spiro atoms. The molecule has 17 heavy (non-hydrogen) atoms. The molecule has 0 bridgehead atoms. The number of halogens is 1. The minimum Gasteiger partial charge on any atom is -0.490 e. The Morgan fingerprint density at radius 2 is 1.94 bits per heavy atom. The largest absolute Gasteiger partial charge is 0.490 e. The summed E-state index contributed by atoms with van der Waals surface area (Å²) in [4.78, 5) is 0. The molecule has 0 radical (unpaired) electrons. The quantitative estimate of drug-likeness (QED) is 0.454. The minimum absolute atomic E-state index is 0.194. The molecule has 0 N–H and O–H groups in total. The molecular weight excluding hydrogens is 343 g/mol. The van der Waals surface area contributed by atoms with Crippen molar-refractivity contribution in [3.63, 3.8) is 0 Å². The summed E-state index contributed by atoms with van der Waals surface area (Å²) in [6, 6.07) is 7.35. The summed E-state index contributed by atoms with van der Waals surface area (Å²) in [5, 5.41) is 0. The first kappa shape index (κ1) is 14.8. The fourth-order valence-electron chi connectivity index (χ4n) is 1.34. The maximum Gasteiger partial charge on any atom is 0.163 e. The van der Waals surface area contributed by atoms with E-state index < -0.39 is 0 Å². The third-order valence-corrected chi connectivity index (χ3v) is 3.46. The summed E-state index contributed by atoms with van der Waals surface area (Å²) in [5.74, 6) is 1.70. The van der Waals surface area contributed by atoms with E-state index in [4.69, 9.17) is 9.47 Å². The van der Waals surface area contributed by atoms with Crippen LogP contribution in [0.15, 0.2) is 18.2 Å². The number of benzene rings is 1. The normalized spacial score (nSPS) is 11.5. The van der Waals surface area contributed by atoms with E-state index in [1.807, 2.05) is 39.0 Å². The first-order chi connectivity index (χ1) is 7.92. The maximum absolute atomic E-state index is 5.92. The van der Waals surface area contributed by atoms with E-state index >= 15 is 0 Å². The van der Waals surface area contributed by atoms with Crippen LogP contribution in [0, 0.1) is 3.57 Å². The third kappa shape index (κ3) is 5.77. The van der Waals surface area contributed by atoms with E-state index in [2.05, 4.69) is 22.6 Å². The van der Waals surface area contributed by atoms with Gasteiger partial charge in [0.15, 0.2) is 11.5 Å². The van der Waals surface area contributed by atoms with Gasteiger partial charge in [0.1, 0.15) is 5.60 Å². The summed E-state index contributed by atoms with van der Waals surface area (Å²) in [6.45, 7) is 6.93. The van der Waals surface area contributed by atoms with Gasteiger partial charge in [-0.3, -0.25) is 0 Å². The van der Waals surface area contributed by atoms with E-state index in [-0.39, 0.29) is 5.60 Å². The minimum atomic E-state index is -0.194. The van der Waals surface area contributed by atoms with E-state index in [1.165, 1.54) is 16.3 Å². The molecule has 96 valence electrons. The number of rotatable bonds is 5. The average molecular weight is 364 g/mol. The molecular formula is C13H21IO2Si. The molecule has 1 aromatic carbocycles. The van der Waals surface area contributed by atoms with Crippen LogP contribution in [0.5, 0.6) is 11.5 Å². The smallest absolute Gasteiger partial charge is 0.163 e. The standard InChI is InChI=1S/C13H21IO2Si/c1-13(2,3)16-12-9-10(14)5-6-11(12)15-7-4-8-17/h5-6,9H,4,7-8H2,1-3,17H3. The molecule has 0 atom stereocenters. The Labute approximate surface area is 121 Å². The topological polar surface area (TPSA) is 18.5 Å². The molecule has 1 rings (SSSR count). The second-order valence-electron chi connectivity index (χ2n) is 5.01. The highest BCUT2D eigenvalue weighted by molar-refractivity contribution is 14.1. The second kappa shape index (κ2) is 6.63.